The van der Waals surface area contributed by atoms with Crippen molar-refractivity contribution in [3.63, 3.8) is 0 Å². The number of carbonyl (C=O) groups excluding carboxylic acids is 2. The third kappa shape index (κ3) is 6.19. The van der Waals surface area contributed by atoms with Crippen LogP contribution < -0.4 is 10.6 Å². The van der Waals surface area contributed by atoms with Gasteiger partial charge in [0.2, 0.25) is 11.8 Å². The molecule has 1 saturated heterocycles. The maximum Gasteiger partial charge on any atom is 0.238 e. The molecular formula is C21H31ClN4O2. The van der Waals surface area contributed by atoms with E-state index in [0.717, 1.165) is 32.6 Å². The van der Waals surface area contributed by atoms with E-state index >= 15 is 0 Å². The summed E-state index contributed by atoms with van der Waals surface area (Å²) in [6.45, 7) is 6.18. The van der Waals surface area contributed by atoms with Gasteiger partial charge in [-0.1, -0.05) is 43.5 Å². The fraction of sp³-hybridized carbons (Fsp3) is 0.619. The second kappa shape index (κ2) is 10.2. The molecule has 2 amide bonds. The highest BCUT2D eigenvalue weighted by Crippen LogP contribution is 2.23. The number of carbonyl (C=O) groups is 2. The predicted molar refractivity (Wildman–Crippen MR) is 113 cm³/mol. The van der Waals surface area contributed by atoms with Gasteiger partial charge < -0.3 is 10.6 Å². The standard InChI is InChI=1S/C21H31ClN4O2/c1-16-6-2-4-8-18(16)23-20(27)14-25-10-12-26(13-11-25)15-21(28)24-19-9-5-3-7-17(19)22/h3,5,7,9,16,18H,2,4,6,8,10-15H2,1H3,(H,23,27)(H,24,28)/t16-,18+/m0/s1. The van der Waals surface area contributed by atoms with Crippen LogP contribution in [0.4, 0.5) is 5.69 Å². The van der Waals surface area contributed by atoms with Gasteiger partial charge in [-0.3, -0.25) is 19.4 Å². The van der Waals surface area contributed by atoms with Gasteiger partial charge in [0.05, 0.1) is 23.8 Å². The molecule has 2 fully saturated rings. The Kier molecular flexibility index (Phi) is 7.71. The third-order valence-electron chi connectivity index (χ3n) is 5.81. The van der Waals surface area contributed by atoms with E-state index in [1.807, 2.05) is 12.1 Å². The number of rotatable bonds is 6. The average molecular weight is 407 g/mol. The molecule has 0 bridgehead atoms. The van der Waals surface area contributed by atoms with Crippen LogP contribution in [0.3, 0.4) is 0 Å². The Labute approximate surface area is 172 Å². The molecule has 1 aliphatic heterocycles. The fourth-order valence-corrected chi connectivity index (χ4v) is 4.23. The summed E-state index contributed by atoms with van der Waals surface area (Å²) in [5.74, 6) is 0.639. The van der Waals surface area contributed by atoms with Crippen molar-refractivity contribution in [2.24, 2.45) is 5.92 Å². The van der Waals surface area contributed by atoms with E-state index in [1.54, 1.807) is 12.1 Å². The number of para-hydroxylation sites is 1. The topological polar surface area (TPSA) is 64.7 Å². The first kappa shape index (κ1) is 21.1. The molecule has 1 aromatic rings. The lowest BCUT2D eigenvalue weighted by Gasteiger charge is -2.35. The molecule has 1 aliphatic carbocycles. The van der Waals surface area contributed by atoms with Crippen molar-refractivity contribution in [1.29, 1.82) is 0 Å². The zero-order valence-electron chi connectivity index (χ0n) is 16.6. The summed E-state index contributed by atoms with van der Waals surface area (Å²) in [4.78, 5) is 28.9. The largest absolute Gasteiger partial charge is 0.352 e. The number of amides is 2. The van der Waals surface area contributed by atoms with Crippen LogP contribution in [0.5, 0.6) is 0 Å². The van der Waals surface area contributed by atoms with Gasteiger partial charge in [-0.25, -0.2) is 0 Å². The number of halogens is 1. The normalized spacial score (nSPS) is 23.9. The van der Waals surface area contributed by atoms with Gasteiger partial charge in [0.15, 0.2) is 0 Å². The molecular weight excluding hydrogens is 376 g/mol. The molecule has 2 N–H and O–H groups in total. The second-order valence-corrected chi connectivity index (χ2v) is 8.42. The second-order valence-electron chi connectivity index (χ2n) is 8.02. The molecule has 3 rings (SSSR count). The lowest BCUT2D eigenvalue weighted by molar-refractivity contribution is -0.124. The molecule has 154 valence electrons. The van der Waals surface area contributed by atoms with Crippen LogP contribution in [0.2, 0.25) is 5.02 Å². The zero-order valence-corrected chi connectivity index (χ0v) is 17.4. The summed E-state index contributed by atoms with van der Waals surface area (Å²) in [6.07, 6.45) is 4.80. The van der Waals surface area contributed by atoms with Crippen molar-refractivity contribution in [2.45, 2.75) is 38.6 Å². The Morgan fingerprint density at radius 3 is 2.25 bits per heavy atom. The molecule has 0 radical (unpaired) electrons. The number of nitrogens with zero attached hydrogens (tertiary/aromatic N) is 2. The van der Waals surface area contributed by atoms with Crippen LogP contribution in [0.1, 0.15) is 32.6 Å². The third-order valence-corrected chi connectivity index (χ3v) is 6.13. The summed E-state index contributed by atoms with van der Waals surface area (Å²) in [6, 6.07) is 7.57. The lowest BCUT2D eigenvalue weighted by Crippen LogP contribution is -2.52. The van der Waals surface area contributed by atoms with Gasteiger partial charge in [-0.2, -0.15) is 0 Å². The Bertz CT molecular complexity index is 676. The minimum absolute atomic E-state index is 0.0643. The van der Waals surface area contributed by atoms with Crippen molar-refractivity contribution < 1.29 is 9.59 Å². The van der Waals surface area contributed by atoms with E-state index in [2.05, 4.69) is 27.4 Å². The van der Waals surface area contributed by atoms with E-state index in [9.17, 15) is 9.59 Å². The van der Waals surface area contributed by atoms with E-state index in [0.29, 0.717) is 35.8 Å². The van der Waals surface area contributed by atoms with Crippen LogP contribution in [0.25, 0.3) is 0 Å². The van der Waals surface area contributed by atoms with Gasteiger partial charge in [0.25, 0.3) is 0 Å². The van der Waals surface area contributed by atoms with Gasteiger partial charge in [-0.15, -0.1) is 0 Å². The molecule has 1 aromatic carbocycles. The first-order valence-corrected chi connectivity index (χ1v) is 10.7. The van der Waals surface area contributed by atoms with Gasteiger partial charge in [0, 0.05) is 32.2 Å². The first-order chi connectivity index (χ1) is 13.5. The fourth-order valence-electron chi connectivity index (χ4n) is 4.05. The van der Waals surface area contributed by atoms with Crippen LogP contribution in [-0.4, -0.2) is 66.9 Å². The highest BCUT2D eigenvalue weighted by molar-refractivity contribution is 6.33. The van der Waals surface area contributed by atoms with E-state index in [4.69, 9.17) is 11.6 Å². The highest BCUT2D eigenvalue weighted by Gasteiger charge is 2.25. The number of hydrogen-bond donors (Lipinski definition) is 2. The Morgan fingerprint density at radius 2 is 1.61 bits per heavy atom. The van der Waals surface area contributed by atoms with Gasteiger partial charge in [-0.05, 0) is 30.9 Å². The maximum atomic E-state index is 12.4. The molecule has 0 spiro atoms. The number of benzene rings is 1. The molecule has 7 heteroatoms. The minimum atomic E-state index is -0.0643. The number of hydrogen-bond acceptors (Lipinski definition) is 4. The summed E-state index contributed by atoms with van der Waals surface area (Å²) in [7, 11) is 0. The first-order valence-electron chi connectivity index (χ1n) is 10.3. The van der Waals surface area contributed by atoms with E-state index in [-0.39, 0.29) is 11.8 Å². The Balaban J connectivity index is 1.36. The number of piperazine rings is 1. The Morgan fingerprint density at radius 1 is 1.00 bits per heavy atom. The SMILES string of the molecule is C[C@H]1CCCC[C@H]1NC(=O)CN1CCN(CC(=O)Nc2ccccc2Cl)CC1. The van der Waals surface area contributed by atoms with Crippen LogP contribution in [-0.2, 0) is 9.59 Å². The van der Waals surface area contributed by atoms with Crippen LogP contribution >= 0.6 is 11.6 Å². The summed E-state index contributed by atoms with van der Waals surface area (Å²) >= 11 is 6.08. The van der Waals surface area contributed by atoms with Gasteiger partial charge in [0.1, 0.15) is 0 Å². The molecule has 0 unspecified atom stereocenters. The minimum Gasteiger partial charge on any atom is -0.352 e. The van der Waals surface area contributed by atoms with Crippen molar-refractivity contribution in [1.82, 2.24) is 15.1 Å². The summed E-state index contributed by atoms with van der Waals surface area (Å²) < 4.78 is 0. The molecule has 28 heavy (non-hydrogen) atoms. The number of anilines is 1. The van der Waals surface area contributed by atoms with Crippen LogP contribution in [0, 0.1) is 5.92 Å². The molecule has 1 heterocycles. The summed E-state index contributed by atoms with van der Waals surface area (Å²) in [5.41, 5.74) is 0.640. The number of nitrogens with one attached hydrogen (secondary N) is 2. The Hall–Kier alpha value is -1.63. The summed E-state index contributed by atoms with van der Waals surface area (Å²) in [5, 5.41) is 6.62. The van der Waals surface area contributed by atoms with Crippen molar-refractivity contribution in [2.75, 3.05) is 44.6 Å². The molecule has 2 aliphatic rings. The lowest BCUT2D eigenvalue weighted by atomic mass is 9.86. The molecule has 2 atom stereocenters. The maximum absolute atomic E-state index is 12.4. The quantitative estimate of drug-likeness (QED) is 0.762. The smallest absolute Gasteiger partial charge is 0.238 e. The molecule has 1 saturated carbocycles. The van der Waals surface area contributed by atoms with Crippen molar-refractivity contribution in [3.8, 4) is 0 Å². The van der Waals surface area contributed by atoms with Crippen molar-refractivity contribution >= 4 is 29.1 Å². The van der Waals surface area contributed by atoms with E-state index < -0.39 is 0 Å². The highest BCUT2D eigenvalue weighted by atomic mass is 35.5. The predicted octanol–water partition coefficient (Wildman–Crippen LogP) is 2.59. The van der Waals surface area contributed by atoms with Gasteiger partial charge >= 0.3 is 0 Å². The molecule has 6 nitrogen and oxygen atoms in total. The van der Waals surface area contributed by atoms with E-state index in [1.165, 1.54) is 19.3 Å². The van der Waals surface area contributed by atoms with Crippen molar-refractivity contribution in [3.05, 3.63) is 29.3 Å². The zero-order chi connectivity index (χ0) is 19.9. The molecule has 0 aromatic heterocycles. The monoisotopic (exact) mass is 406 g/mol. The van der Waals surface area contributed by atoms with Crippen LogP contribution in [0.15, 0.2) is 24.3 Å². The average Bonchev–Trinajstić information content (AvgIpc) is 2.67.